The fourth-order valence-electron chi connectivity index (χ4n) is 6.93. The molecule has 0 aliphatic carbocycles. The fraction of sp³-hybridized carbons (Fsp3) is 0.289. The third kappa shape index (κ3) is 7.90. The minimum absolute atomic E-state index is 0.134. The van der Waals surface area contributed by atoms with Crippen LogP contribution in [-0.4, -0.2) is 57.4 Å². The van der Waals surface area contributed by atoms with Gasteiger partial charge >= 0.3 is 5.97 Å². The molecule has 0 radical (unpaired) electrons. The summed E-state index contributed by atoms with van der Waals surface area (Å²) in [5, 5.41) is 12.9. The molecule has 0 aromatic heterocycles. The number of ether oxygens (including phenoxy) is 1. The van der Waals surface area contributed by atoms with Crippen molar-refractivity contribution in [3.05, 3.63) is 130 Å². The van der Waals surface area contributed by atoms with Gasteiger partial charge in [-0.1, -0.05) is 66.2 Å². The van der Waals surface area contributed by atoms with Gasteiger partial charge in [-0.2, -0.15) is 0 Å². The lowest BCUT2D eigenvalue weighted by Gasteiger charge is -2.40. The highest BCUT2D eigenvalue weighted by Gasteiger charge is 2.65. The van der Waals surface area contributed by atoms with Gasteiger partial charge in [0.15, 0.2) is 0 Å². The topological polar surface area (TPSA) is 99.2 Å². The van der Waals surface area contributed by atoms with Crippen molar-refractivity contribution in [3.8, 4) is 5.75 Å². The number of hydrogen-bond acceptors (Lipinski definition) is 5. The largest absolute Gasteiger partial charge is 0.494 e. The average Bonchev–Trinajstić information content (AvgIpc) is 3.31. The Morgan fingerprint density at radius 3 is 2.51 bits per heavy atom. The first-order valence-electron chi connectivity index (χ1n) is 16.0. The number of aromatic carboxylic acids is 1. The van der Waals surface area contributed by atoms with Gasteiger partial charge in [0.05, 0.1) is 24.0 Å². The van der Waals surface area contributed by atoms with Crippen LogP contribution in [0.3, 0.4) is 0 Å². The summed E-state index contributed by atoms with van der Waals surface area (Å²) < 4.78 is 22.5. The number of fused-ring (bicyclic) bond motifs is 1. The minimum atomic E-state index is -1.56. The van der Waals surface area contributed by atoms with E-state index in [4.69, 9.17) is 27.9 Å². The van der Waals surface area contributed by atoms with Crippen LogP contribution in [0.1, 0.15) is 41.8 Å². The van der Waals surface area contributed by atoms with Gasteiger partial charge in [0.25, 0.3) is 0 Å². The molecule has 0 saturated carbocycles. The maximum atomic E-state index is 16.8. The van der Waals surface area contributed by atoms with Crippen molar-refractivity contribution in [2.75, 3.05) is 18.5 Å². The van der Waals surface area contributed by atoms with Crippen LogP contribution >= 0.6 is 23.2 Å². The van der Waals surface area contributed by atoms with Gasteiger partial charge in [-0.05, 0) is 86.0 Å². The maximum Gasteiger partial charge on any atom is 0.335 e. The average molecular weight is 707 g/mol. The standard InChI is InChI=1S/C38H38Cl2FN3O5/c1-4-49-30-12-6-9-26(20-30)23-44-32-18-19-43(22-25-14-16-27(17-15-25)36(46)47)35(45)33(32)34(31(41)13-5-8-24(2)39)38(44,3)37(48)42-29-11-7-10-28(40)21-29/h5-17,20-21,32-34H,2,4,18-19,22-23H2,1,3H3,(H,42,48)(H,46,47)/b8-5-,31-13-/t32-,33+,34-,38+/m0/s1. The smallest absolute Gasteiger partial charge is 0.335 e. The van der Waals surface area contributed by atoms with Crippen molar-refractivity contribution >= 4 is 46.7 Å². The van der Waals surface area contributed by atoms with Gasteiger partial charge in [-0.15, -0.1) is 0 Å². The molecular formula is C38H38Cl2FN3O5. The van der Waals surface area contributed by atoms with E-state index in [1.165, 1.54) is 30.4 Å². The van der Waals surface area contributed by atoms with Gasteiger partial charge < -0.3 is 20.1 Å². The molecule has 2 N–H and O–H groups in total. The number of amides is 2. The maximum absolute atomic E-state index is 16.8. The number of carboxylic acid groups (broad SMARTS) is 1. The molecule has 4 atom stereocenters. The minimum Gasteiger partial charge on any atom is -0.494 e. The Morgan fingerprint density at radius 2 is 1.84 bits per heavy atom. The van der Waals surface area contributed by atoms with Gasteiger partial charge in [-0.25, -0.2) is 9.18 Å². The molecule has 49 heavy (non-hydrogen) atoms. The second-order valence-corrected chi connectivity index (χ2v) is 13.2. The van der Waals surface area contributed by atoms with Gasteiger partial charge in [0, 0.05) is 41.4 Å². The summed E-state index contributed by atoms with van der Waals surface area (Å²) in [5.74, 6) is -3.95. The van der Waals surface area contributed by atoms with Crippen molar-refractivity contribution in [1.82, 2.24) is 9.80 Å². The van der Waals surface area contributed by atoms with Crippen molar-refractivity contribution in [2.24, 2.45) is 11.8 Å². The number of piperidine rings is 1. The van der Waals surface area contributed by atoms with Gasteiger partial charge in [-0.3, -0.25) is 14.5 Å². The number of allylic oxidation sites excluding steroid dienone is 4. The highest BCUT2D eigenvalue weighted by molar-refractivity contribution is 6.31. The van der Waals surface area contributed by atoms with Crippen LogP contribution in [0.5, 0.6) is 5.75 Å². The van der Waals surface area contributed by atoms with Crippen LogP contribution in [0.2, 0.25) is 5.02 Å². The molecule has 2 amide bonds. The van der Waals surface area contributed by atoms with Crippen LogP contribution in [0.25, 0.3) is 0 Å². The fourth-order valence-corrected chi connectivity index (χ4v) is 7.20. The van der Waals surface area contributed by atoms with Crippen LogP contribution in [0.4, 0.5) is 10.1 Å². The normalized spacial score (nSPS) is 22.6. The van der Waals surface area contributed by atoms with Crippen LogP contribution < -0.4 is 10.1 Å². The van der Waals surface area contributed by atoms with E-state index in [1.807, 2.05) is 36.1 Å². The third-order valence-corrected chi connectivity index (χ3v) is 9.54. The van der Waals surface area contributed by atoms with E-state index in [-0.39, 0.29) is 29.6 Å². The molecule has 2 saturated heterocycles. The molecule has 2 fully saturated rings. The second-order valence-electron chi connectivity index (χ2n) is 12.3. The Bertz CT molecular complexity index is 1800. The number of hydrogen-bond donors (Lipinski definition) is 2. The molecule has 8 nitrogen and oxygen atoms in total. The molecule has 3 aromatic carbocycles. The number of nitrogens with one attached hydrogen (secondary N) is 1. The zero-order chi connectivity index (χ0) is 35.3. The first-order chi connectivity index (χ1) is 23.4. The highest BCUT2D eigenvalue weighted by atomic mass is 35.5. The van der Waals surface area contributed by atoms with Crippen LogP contribution in [-0.2, 0) is 22.7 Å². The molecule has 2 aliphatic rings. The molecule has 0 unspecified atom stereocenters. The molecule has 11 heteroatoms. The molecule has 0 spiro atoms. The van der Waals surface area contributed by atoms with Crippen molar-refractivity contribution in [2.45, 2.75) is 44.9 Å². The Hall–Kier alpha value is -4.44. The highest BCUT2D eigenvalue weighted by Crippen LogP contribution is 2.52. The quantitative estimate of drug-likeness (QED) is 0.186. The Balaban J connectivity index is 1.59. The number of rotatable bonds is 12. The SMILES string of the molecule is C=C(Cl)/C=C\C=C(/F)[C@H]1[C@@H]2C(=O)N(Cc3ccc(C(=O)O)cc3)CC[C@@H]2N(Cc2cccc(OCC)c2)[C@@]1(C)C(=O)Nc1cccc(Cl)c1. The van der Waals surface area contributed by atoms with E-state index in [2.05, 4.69) is 11.9 Å². The lowest BCUT2D eigenvalue weighted by molar-refractivity contribution is -0.141. The Kier molecular flexibility index (Phi) is 11.3. The van der Waals surface area contributed by atoms with Gasteiger partial charge in [0.2, 0.25) is 11.8 Å². The zero-order valence-corrected chi connectivity index (χ0v) is 28.8. The number of anilines is 1. The van der Waals surface area contributed by atoms with E-state index in [0.29, 0.717) is 36.0 Å². The molecule has 3 aromatic rings. The number of likely N-dealkylation sites (tertiary alicyclic amines) is 2. The Morgan fingerprint density at radius 1 is 1.10 bits per heavy atom. The van der Waals surface area contributed by atoms with E-state index in [9.17, 15) is 19.5 Å². The summed E-state index contributed by atoms with van der Waals surface area (Å²) in [6, 6.07) is 20.0. The number of nitrogens with zero attached hydrogens (tertiary/aromatic N) is 2. The second kappa shape index (κ2) is 15.4. The van der Waals surface area contributed by atoms with Gasteiger partial charge in [0.1, 0.15) is 17.1 Å². The van der Waals surface area contributed by atoms with Crippen LogP contribution in [0.15, 0.2) is 108 Å². The molecule has 256 valence electrons. The molecule has 0 bridgehead atoms. The summed E-state index contributed by atoms with van der Waals surface area (Å²) in [5.41, 5.74) is 0.585. The molecule has 5 rings (SSSR count). The van der Waals surface area contributed by atoms with E-state index < -0.39 is 41.1 Å². The van der Waals surface area contributed by atoms with E-state index in [0.717, 1.165) is 11.1 Å². The summed E-state index contributed by atoms with van der Waals surface area (Å²) in [4.78, 5) is 44.1. The van der Waals surface area contributed by atoms with Crippen LogP contribution in [0, 0.1) is 11.8 Å². The predicted octanol–water partition coefficient (Wildman–Crippen LogP) is 7.85. The van der Waals surface area contributed by atoms with Crippen molar-refractivity contribution in [3.63, 3.8) is 0 Å². The van der Waals surface area contributed by atoms with E-state index >= 15 is 4.39 Å². The molecule has 2 aliphatic heterocycles. The number of carbonyl (C=O) groups excluding carboxylic acids is 2. The monoisotopic (exact) mass is 705 g/mol. The number of halogens is 3. The van der Waals surface area contributed by atoms with E-state index in [1.54, 1.807) is 48.2 Å². The Labute approximate surface area is 295 Å². The summed E-state index contributed by atoms with van der Waals surface area (Å²) in [6.07, 6.45) is 4.55. The zero-order valence-electron chi connectivity index (χ0n) is 27.2. The number of carbonyl (C=O) groups is 3. The number of carboxylic acids is 1. The summed E-state index contributed by atoms with van der Waals surface area (Å²) >= 11 is 12.2. The lowest BCUT2D eigenvalue weighted by atomic mass is 9.75. The summed E-state index contributed by atoms with van der Waals surface area (Å²) in [6.45, 7) is 8.46. The predicted molar refractivity (Wildman–Crippen MR) is 189 cm³/mol. The first kappa shape index (κ1) is 35.9. The molecule has 2 heterocycles. The van der Waals surface area contributed by atoms with Crippen molar-refractivity contribution < 1.29 is 28.6 Å². The lowest BCUT2D eigenvalue weighted by Crippen LogP contribution is -2.56. The first-order valence-corrected chi connectivity index (χ1v) is 16.7. The third-order valence-electron chi connectivity index (χ3n) is 9.18. The molecular weight excluding hydrogens is 668 g/mol. The van der Waals surface area contributed by atoms with Crippen molar-refractivity contribution in [1.29, 1.82) is 0 Å². The summed E-state index contributed by atoms with van der Waals surface area (Å²) in [7, 11) is 0. The number of benzene rings is 3.